The first-order valence-electron chi connectivity index (χ1n) is 12.5. The van der Waals surface area contributed by atoms with E-state index in [0.717, 1.165) is 29.7 Å². The van der Waals surface area contributed by atoms with Crippen LogP contribution in [0.5, 0.6) is 11.5 Å². The van der Waals surface area contributed by atoms with Crippen LogP contribution in [0, 0.1) is 5.92 Å². The summed E-state index contributed by atoms with van der Waals surface area (Å²) in [5, 5.41) is 18.0. The number of benzene rings is 3. The normalized spacial score (nSPS) is 14.9. The van der Waals surface area contributed by atoms with E-state index >= 15 is 0 Å². The van der Waals surface area contributed by atoms with Crippen LogP contribution in [0.4, 0.5) is 0 Å². The van der Waals surface area contributed by atoms with Gasteiger partial charge >= 0.3 is 0 Å². The Hall–Kier alpha value is -4.06. The van der Waals surface area contributed by atoms with E-state index in [1.165, 1.54) is 5.56 Å². The monoisotopic (exact) mass is 481 g/mol. The molecule has 0 saturated carbocycles. The van der Waals surface area contributed by atoms with Crippen LogP contribution in [0.3, 0.4) is 0 Å². The number of aromatic hydroxyl groups is 1. The summed E-state index contributed by atoms with van der Waals surface area (Å²) >= 11 is 0. The zero-order valence-corrected chi connectivity index (χ0v) is 20.6. The number of hydrogen-bond acceptors (Lipinski definition) is 4. The van der Waals surface area contributed by atoms with Crippen LogP contribution < -0.4 is 4.74 Å². The molecule has 1 aliphatic rings. The van der Waals surface area contributed by atoms with Crippen molar-refractivity contribution in [2.45, 2.75) is 32.7 Å². The van der Waals surface area contributed by atoms with Gasteiger partial charge in [-0.3, -0.25) is 9.89 Å². The van der Waals surface area contributed by atoms with Gasteiger partial charge in [0.05, 0.1) is 12.6 Å². The molecule has 0 fully saturated rings. The fraction of sp³-hybridized carbons (Fsp3) is 0.267. The van der Waals surface area contributed by atoms with E-state index in [2.05, 4.69) is 36.2 Å². The first-order valence-corrected chi connectivity index (χ1v) is 12.5. The van der Waals surface area contributed by atoms with Crippen molar-refractivity contribution in [3.63, 3.8) is 0 Å². The van der Waals surface area contributed by atoms with Crippen molar-refractivity contribution in [2.75, 3.05) is 13.2 Å². The lowest BCUT2D eigenvalue weighted by molar-refractivity contribution is 0.0745. The second-order valence-electron chi connectivity index (χ2n) is 9.62. The molecule has 3 aromatic carbocycles. The first-order chi connectivity index (χ1) is 17.5. The average molecular weight is 482 g/mol. The van der Waals surface area contributed by atoms with Gasteiger partial charge < -0.3 is 14.7 Å². The van der Waals surface area contributed by atoms with Gasteiger partial charge in [-0.25, -0.2) is 0 Å². The summed E-state index contributed by atoms with van der Waals surface area (Å²) in [6.45, 7) is 5.54. The lowest BCUT2D eigenvalue weighted by Gasteiger charge is -2.27. The molecule has 1 aromatic heterocycles. The number of phenolic OH excluding ortho intramolecular Hbond substituents is 1. The van der Waals surface area contributed by atoms with E-state index in [1.54, 1.807) is 12.1 Å². The van der Waals surface area contributed by atoms with Gasteiger partial charge in [-0.2, -0.15) is 5.10 Å². The predicted octanol–water partition coefficient (Wildman–Crippen LogP) is 6.00. The van der Waals surface area contributed by atoms with Gasteiger partial charge in [-0.1, -0.05) is 68.4 Å². The summed E-state index contributed by atoms with van der Waals surface area (Å²) in [5.41, 5.74) is 4.57. The van der Waals surface area contributed by atoms with E-state index < -0.39 is 0 Å². The number of aromatic nitrogens is 2. The molecule has 0 unspecified atom stereocenters. The van der Waals surface area contributed by atoms with Crippen LogP contribution in [0.1, 0.15) is 53.5 Å². The van der Waals surface area contributed by atoms with Gasteiger partial charge in [-0.15, -0.1) is 0 Å². The molecular weight excluding hydrogens is 450 g/mol. The zero-order valence-electron chi connectivity index (χ0n) is 20.6. The van der Waals surface area contributed by atoms with E-state index in [1.807, 2.05) is 59.5 Å². The molecule has 0 aliphatic carbocycles. The van der Waals surface area contributed by atoms with Crippen LogP contribution in [0.15, 0.2) is 78.9 Å². The minimum atomic E-state index is -0.349. The molecule has 1 atom stereocenters. The number of carbonyl (C=O) groups excluding carboxylic acids is 1. The summed E-state index contributed by atoms with van der Waals surface area (Å²) in [7, 11) is 0. The average Bonchev–Trinajstić information content (AvgIpc) is 3.42. The van der Waals surface area contributed by atoms with Crippen LogP contribution in [-0.4, -0.2) is 39.3 Å². The number of H-pyrrole nitrogens is 1. The fourth-order valence-electron chi connectivity index (χ4n) is 4.73. The van der Waals surface area contributed by atoms with Gasteiger partial charge in [0.2, 0.25) is 0 Å². The number of aromatic amines is 1. The van der Waals surface area contributed by atoms with Gasteiger partial charge in [-0.05, 0) is 54.2 Å². The highest BCUT2D eigenvalue weighted by Gasteiger charge is 2.42. The first kappa shape index (κ1) is 23.7. The topological polar surface area (TPSA) is 78.5 Å². The van der Waals surface area contributed by atoms with Crippen molar-refractivity contribution < 1.29 is 14.6 Å². The molecule has 6 nitrogen and oxygen atoms in total. The smallest absolute Gasteiger partial charge is 0.273 e. The quantitative estimate of drug-likeness (QED) is 0.308. The van der Waals surface area contributed by atoms with Crippen molar-refractivity contribution in [3.05, 3.63) is 101 Å². The molecule has 1 amide bonds. The Morgan fingerprint density at radius 3 is 2.58 bits per heavy atom. The summed E-state index contributed by atoms with van der Waals surface area (Å²) in [6.07, 6.45) is 1.70. The molecule has 0 radical (unpaired) electrons. The second-order valence-corrected chi connectivity index (χ2v) is 9.62. The Labute approximate surface area is 211 Å². The third kappa shape index (κ3) is 4.71. The lowest BCUT2D eigenvalue weighted by Crippen LogP contribution is -2.31. The summed E-state index contributed by atoms with van der Waals surface area (Å²) in [4.78, 5) is 15.5. The van der Waals surface area contributed by atoms with Crippen molar-refractivity contribution in [3.8, 4) is 22.8 Å². The van der Waals surface area contributed by atoms with Gasteiger partial charge in [0.15, 0.2) is 0 Å². The zero-order chi connectivity index (χ0) is 25.1. The molecule has 4 aromatic rings. The maximum atomic E-state index is 13.6. The maximum absolute atomic E-state index is 13.6. The molecule has 2 heterocycles. The third-order valence-corrected chi connectivity index (χ3v) is 6.64. The minimum absolute atomic E-state index is 0.0915. The number of carbonyl (C=O) groups is 1. The van der Waals surface area contributed by atoms with E-state index in [4.69, 9.17) is 4.74 Å². The Balaban J connectivity index is 1.54. The molecule has 36 heavy (non-hydrogen) atoms. The number of hydrogen-bond donors (Lipinski definition) is 2. The van der Waals surface area contributed by atoms with Crippen LogP contribution in [-0.2, 0) is 6.42 Å². The molecule has 6 heteroatoms. The van der Waals surface area contributed by atoms with E-state index in [9.17, 15) is 9.90 Å². The third-order valence-electron chi connectivity index (χ3n) is 6.64. The standard InChI is InChI=1S/C30H31N3O3/c1-20(2)16-18-36-23-12-8-11-22(19-23)29-26-27(24-13-6-7-14-25(24)34)31-32-28(26)30(35)33(29)17-15-21-9-4-3-5-10-21/h3-14,19-20,29,34H,15-18H2,1-2H3,(H,31,32)/t29-/m1/s1. The predicted molar refractivity (Wildman–Crippen MR) is 140 cm³/mol. The largest absolute Gasteiger partial charge is 0.507 e. The Bertz CT molecular complexity index is 1350. The van der Waals surface area contributed by atoms with E-state index in [-0.39, 0.29) is 17.7 Å². The van der Waals surface area contributed by atoms with Gasteiger partial charge in [0.1, 0.15) is 22.9 Å². The van der Waals surface area contributed by atoms with Gasteiger partial charge in [0.25, 0.3) is 5.91 Å². The van der Waals surface area contributed by atoms with Gasteiger partial charge in [0, 0.05) is 17.7 Å². The SMILES string of the molecule is CC(C)CCOc1cccc([C@@H]2c3c(-c4ccccc4O)n[nH]c3C(=O)N2CCc2ccccc2)c1. The van der Waals surface area contributed by atoms with Crippen LogP contribution >= 0.6 is 0 Å². The Morgan fingerprint density at radius 1 is 1.03 bits per heavy atom. The molecule has 0 bridgehead atoms. The highest BCUT2D eigenvalue weighted by Crippen LogP contribution is 2.44. The Morgan fingerprint density at radius 2 is 1.81 bits per heavy atom. The van der Waals surface area contributed by atoms with Crippen molar-refractivity contribution in [2.24, 2.45) is 5.92 Å². The maximum Gasteiger partial charge on any atom is 0.273 e. The molecule has 184 valence electrons. The van der Waals surface area contributed by atoms with Crippen LogP contribution in [0.2, 0.25) is 0 Å². The summed E-state index contributed by atoms with van der Waals surface area (Å²) < 4.78 is 6.04. The number of nitrogens with zero attached hydrogens (tertiary/aromatic N) is 2. The number of nitrogens with one attached hydrogen (secondary N) is 1. The molecule has 1 aliphatic heterocycles. The van der Waals surface area contributed by atoms with Crippen LogP contribution in [0.25, 0.3) is 11.3 Å². The highest BCUT2D eigenvalue weighted by atomic mass is 16.5. The lowest BCUT2D eigenvalue weighted by atomic mass is 9.95. The molecule has 5 rings (SSSR count). The summed E-state index contributed by atoms with van der Waals surface area (Å²) in [5.74, 6) is 1.38. The highest BCUT2D eigenvalue weighted by molar-refractivity contribution is 6.00. The Kier molecular flexibility index (Phi) is 6.76. The number of fused-ring (bicyclic) bond motifs is 1. The number of phenols is 1. The molecule has 2 N–H and O–H groups in total. The number of para-hydroxylation sites is 1. The number of rotatable bonds is 9. The molecule has 0 spiro atoms. The minimum Gasteiger partial charge on any atom is -0.507 e. The number of amides is 1. The summed E-state index contributed by atoms with van der Waals surface area (Å²) in [6, 6.07) is 24.9. The number of ether oxygens (including phenoxy) is 1. The van der Waals surface area contributed by atoms with Crippen molar-refractivity contribution in [1.82, 2.24) is 15.1 Å². The fourth-order valence-corrected chi connectivity index (χ4v) is 4.73. The van der Waals surface area contributed by atoms with E-state index in [0.29, 0.717) is 36.0 Å². The molecule has 0 saturated heterocycles. The van der Waals surface area contributed by atoms with Crippen molar-refractivity contribution in [1.29, 1.82) is 0 Å². The molecular formula is C30H31N3O3. The van der Waals surface area contributed by atoms with Crippen molar-refractivity contribution >= 4 is 5.91 Å². The second kappa shape index (κ2) is 10.3.